The van der Waals surface area contributed by atoms with E-state index in [1.165, 1.54) is 9.80 Å². The highest BCUT2D eigenvalue weighted by atomic mass is 35.5. The Kier molecular flexibility index (Phi) is 23.2. The molecule has 0 unspecified atom stereocenters. The predicted molar refractivity (Wildman–Crippen MR) is 275 cm³/mol. The summed E-state index contributed by atoms with van der Waals surface area (Å²) in [6.07, 6.45) is 2.43. The number of hydrogen-bond acceptors (Lipinski definition) is 10. The van der Waals surface area contributed by atoms with Crippen LogP contribution in [-0.4, -0.2) is 126 Å². The fraction of sp³-hybridized carbons (Fsp3) is 0.569. The first-order valence-electron chi connectivity index (χ1n) is 23.6. The Morgan fingerprint density at radius 2 is 0.986 bits per heavy atom. The van der Waals surface area contributed by atoms with Crippen LogP contribution in [0.25, 0.3) is 0 Å². The second kappa shape index (κ2) is 26.7. The molecule has 0 radical (unpaired) electrons. The highest BCUT2D eigenvalue weighted by Gasteiger charge is 2.47. The Balaban J connectivity index is 0.00000840. The average Bonchev–Trinajstić information content (AvgIpc) is 3.92. The molecule has 19 heteroatoms. The number of nitrogens with zero attached hydrogens (tertiary/aromatic N) is 2. The quantitative estimate of drug-likeness (QED) is 0.101. The van der Waals surface area contributed by atoms with Gasteiger partial charge in [0.15, 0.2) is 5.78 Å². The van der Waals surface area contributed by atoms with Crippen LogP contribution in [0, 0.1) is 16.7 Å². The molecular weight excluding hydrogens is 938 g/mol. The number of carbonyl (C=O) groups is 8. The van der Waals surface area contributed by atoms with Gasteiger partial charge in [-0.25, -0.2) is 0 Å². The van der Waals surface area contributed by atoms with Gasteiger partial charge in [-0.1, -0.05) is 102 Å². The Morgan fingerprint density at radius 3 is 1.39 bits per heavy atom. The first-order valence-corrected chi connectivity index (χ1v) is 23.6. The summed E-state index contributed by atoms with van der Waals surface area (Å²) in [6, 6.07) is 12.2. The lowest BCUT2D eigenvalue weighted by Crippen LogP contribution is -2.59. The molecular formula is C51H77Cl2N9O8. The van der Waals surface area contributed by atoms with Gasteiger partial charge in [-0.15, -0.1) is 24.8 Å². The van der Waals surface area contributed by atoms with E-state index >= 15 is 0 Å². The molecule has 7 amide bonds. The molecule has 10 atom stereocenters. The number of ketones is 1. The summed E-state index contributed by atoms with van der Waals surface area (Å²) in [7, 11) is 3.28. The van der Waals surface area contributed by atoms with E-state index in [2.05, 4.69) is 37.2 Å². The lowest BCUT2D eigenvalue weighted by Gasteiger charge is -2.36. The zero-order chi connectivity index (χ0) is 50.7. The van der Waals surface area contributed by atoms with Gasteiger partial charge in [-0.2, -0.15) is 0 Å². The van der Waals surface area contributed by atoms with E-state index in [1.807, 2.05) is 116 Å². The molecule has 0 aliphatic carbocycles. The van der Waals surface area contributed by atoms with Gasteiger partial charge in [0, 0.05) is 31.6 Å². The molecule has 2 fully saturated rings. The van der Waals surface area contributed by atoms with Gasteiger partial charge in [-0.3, -0.25) is 38.4 Å². The first-order chi connectivity index (χ1) is 31.9. The molecule has 0 bridgehead atoms. The third-order valence-corrected chi connectivity index (χ3v) is 12.9. The van der Waals surface area contributed by atoms with E-state index in [0.29, 0.717) is 0 Å². The zero-order valence-electron chi connectivity index (χ0n) is 42.7. The number of amides is 7. The van der Waals surface area contributed by atoms with Crippen LogP contribution in [-0.2, 0) is 38.4 Å². The maximum absolute atomic E-state index is 14.4. The molecule has 2 aliphatic heterocycles. The minimum Gasteiger partial charge on any atom is -0.348 e. The summed E-state index contributed by atoms with van der Waals surface area (Å²) in [5.74, 6) is -3.97. The normalized spacial score (nSPS) is 20.6. The second-order valence-corrected chi connectivity index (χ2v) is 20.5. The highest BCUT2D eigenvalue weighted by Crippen LogP contribution is 2.32. The largest absolute Gasteiger partial charge is 0.348 e. The van der Waals surface area contributed by atoms with Crippen LogP contribution in [0.3, 0.4) is 0 Å². The number of likely N-dealkylation sites (tertiary alicyclic amines) is 2. The molecule has 0 saturated carbocycles. The number of halogens is 2. The maximum atomic E-state index is 14.4. The van der Waals surface area contributed by atoms with Crippen LogP contribution in [0.15, 0.2) is 72.8 Å². The lowest BCUT2D eigenvalue weighted by molar-refractivity contribution is -0.144. The molecule has 388 valence electrons. The van der Waals surface area contributed by atoms with Crippen LogP contribution < -0.4 is 37.2 Å². The van der Waals surface area contributed by atoms with Crippen molar-refractivity contribution in [3.8, 4) is 0 Å². The van der Waals surface area contributed by atoms with Crippen LogP contribution >= 0.6 is 24.8 Å². The Hall–Kier alpha value is -5.36. The third-order valence-electron chi connectivity index (χ3n) is 12.9. The number of carbonyl (C=O) groups excluding carboxylic acids is 8. The van der Waals surface area contributed by atoms with Crippen LogP contribution in [0.5, 0.6) is 0 Å². The van der Waals surface area contributed by atoms with Gasteiger partial charge in [0.05, 0.1) is 24.2 Å². The molecule has 2 saturated heterocycles. The van der Waals surface area contributed by atoms with Gasteiger partial charge >= 0.3 is 0 Å². The SMILES string of the molecule is CN[C@@H](C)C(=O)N[C@H](C(=O)N1C[C@@H](CC(=O)/C=C/C(=O)N[C@H]2C[C@@H](C(=O)N[C@H](C)c3ccccc3)N(C(=O)[C@@H](NC(=O)[C@H](C)NC)C(C)(C)C)C2)C[C@H]1C(=O)N[C@H](C)c1ccccc1)C(C)(C)C.Cl.Cl. The number of benzene rings is 2. The van der Waals surface area contributed by atoms with Gasteiger partial charge in [0.1, 0.15) is 24.2 Å². The zero-order valence-corrected chi connectivity index (χ0v) is 44.3. The minimum absolute atomic E-state index is 0. The van der Waals surface area contributed by atoms with E-state index in [9.17, 15) is 38.4 Å². The summed E-state index contributed by atoms with van der Waals surface area (Å²) in [5, 5.41) is 20.4. The summed E-state index contributed by atoms with van der Waals surface area (Å²) < 4.78 is 0. The average molecular weight is 1020 g/mol. The molecule has 2 aromatic carbocycles. The molecule has 0 spiro atoms. The van der Waals surface area contributed by atoms with E-state index in [-0.39, 0.29) is 75.0 Å². The highest BCUT2D eigenvalue weighted by molar-refractivity contribution is 5.99. The third kappa shape index (κ3) is 16.6. The Morgan fingerprint density at radius 1 is 0.586 bits per heavy atom. The van der Waals surface area contributed by atoms with Crippen molar-refractivity contribution in [3.05, 3.63) is 83.9 Å². The monoisotopic (exact) mass is 1010 g/mol. The van der Waals surface area contributed by atoms with E-state index < -0.39 is 100 Å². The second-order valence-electron chi connectivity index (χ2n) is 20.5. The van der Waals surface area contributed by atoms with Gasteiger partial charge in [0.25, 0.3) is 0 Å². The number of nitrogens with one attached hydrogen (secondary N) is 7. The van der Waals surface area contributed by atoms with Crippen molar-refractivity contribution in [3.63, 3.8) is 0 Å². The summed E-state index contributed by atoms with van der Waals surface area (Å²) >= 11 is 0. The molecule has 70 heavy (non-hydrogen) atoms. The molecule has 17 nitrogen and oxygen atoms in total. The number of likely N-dealkylation sites (N-methyl/N-ethyl adjacent to an activating group) is 2. The first kappa shape index (κ1) is 60.8. The lowest BCUT2D eigenvalue weighted by atomic mass is 9.85. The van der Waals surface area contributed by atoms with Gasteiger partial charge in [0.2, 0.25) is 41.4 Å². The van der Waals surface area contributed by atoms with Crippen LogP contribution in [0.4, 0.5) is 0 Å². The van der Waals surface area contributed by atoms with Crippen molar-refractivity contribution < 1.29 is 38.4 Å². The van der Waals surface area contributed by atoms with E-state index in [0.717, 1.165) is 23.3 Å². The summed E-state index contributed by atoms with van der Waals surface area (Å²) in [6.45, 7) is 18.0. The smallest absolute Gasteiger partial charge is 0.246 e. The minimum atomic E-state index is -1.00. The van der Waals surface area contributed by atoms with Crippen LogP contribution in [0.2, 0.25) is 0 Å². The molecule has 2 heterocycles. The molecule has 2 aliphatic rings. The van der Waals surface area contributed by atoms with E-state index in [1.54, 1.807) is 27.9 Å². The van der Waals surface area contributed by atoms with Crippen molar-refractivity contribution in [2.24, 2.45) is 16.7 Å². The standard InChI is InChI=1S/C51H75N9O8.2ClH/c1-30(35-19-15-13-16-20-35)54-46(65)39-26-34(28-59(39)48(67)42(50(5,6)7)57-44(63)32(3)52-11)25-38(61)23-24-41(62)56-37-27-40(47(66)55-31(2)36-21-17-14-18-22-36)60(29-37)49(68)43(51(8,9)10)58-45(64)33(4)53-12;;/h13-24,30-34,37,39-40,42-43,52-53H,25-29H2,1-12H3,(H,54,65)(H,55,66)(H,56,62)(H,57,63)(H,58,64);2*1H/b24-23+;;/t30-,31-,32+,33+,34+,37+,39+,40+,42-,43-;;/m1../s1. The topological polar surface area (TPSA) is 227 Å². The van der Waals surface area contributed by atoms with Crippen molar-refractivity contribution in [2.75, 3.05) is 27.2 Å². The van der Waals surface area contributed by atoms with Crippen molar-refractivity contribution in [1.82, 2.24) is 47.0 Å². The van der Waals surface area contributed by atoms with E-state index in [4.69, 9.17) is 0 Å². The maximum Gasteiger partial charge on any atom is 0.246 e. The Bertz CT molecular complexity index is 2000. The van der Waals surface area contributed by atoms with Crippen molar-refractivity contribution in [2.45, 2.75) is 143 Å². The van der Waals surface area contributed by atoms with Crippen molar-refractivity contribution in [1.29, 1.82) is 0 Å². The molecule has 0 aromatic heterocycles. The molecule has 2 aromatic rings. The summed E-state index contributed by atoms with van der Waals surface area (Å²) in [5.41, 5.74) is 0.264. The van der Waals surface area contributed by atoms with Gasteiger partial charge in [-0.05, 0) is 88.6 Å². The fourth-order valence-corrected chi connectivity index (χ4v) is 8.46. The summed E-state index contributed by atoms with van der Waals surface area (Å²) in [4.78, 5) is 113. The molecule has 4 rings (SSSR count). The fourth-order valence-electron chi connectivity index (χ4n) is 8.46. The number of rotatable bonds is 19. The van der Waals surface area contributed by atoms with Crippen molar-refractivity contribution >= 4 is 71.9 Å². The van der Waals surface area contributed by atoms with Gasteiger partial charge < -0.3 is 47.0 Å². The van der Waals surface area contributed by atoms with Crippen LogP contribution in [0.1, 0.15) is 112 Å². The number of hydrogen-bond donors (Lipinski definition) is 7. The number of allylic oxidation sites excluding steroid dienone is 1. The predicted octanol–water partition coefficient (Wildman–Crippen LogP) is 3.68. The Labute approximate surface area is 426 Å². The molecule has 7 N–H and O–H groups in total.